The van der Waals surface area contributed by atoms with Crippen LogP contribution < -0.4 is 5.32 Å². The van der Waals surface area contributed by atoms with Crippen molar-refractivity contribution in [3.8, 4) is 0 Å². The molecule has 0 unspecified atom stereocenters. The summed E-state index contributed by atoms with van der Waals surface area (Å²) in [5.41, 5.74) is 2.45. The molecule has 0 radical (unpaired) electrons. The Morgan fingerprint density at radius 3 is 2.90 bits per heavy atom. The van der Waals surface area contributed by atoms with Gasteiger partial charge in [-0.25, -0.2) is 4.98 Å². The fourth-order valence-electron chi connectivity index (χ4n) is 1.71. The second kappa shape index (κ2) is 6.42. The number of nitrogens with one attached hydrogen (secondary N) is 1. The van der Waals surface area contributed by atoms with E-state index in [0.717, 1.165) is 11.3 Å². The molecule has 0 atom stereocenters. The first kappa shape index (κ1) is 14.4. The summed E-state index contributed by atoms with van der Waals surface area (Å²) in [7, 11) is 0. The molecule has 1 aromatic carbocycles. The van der Waals surface area contributed by atoms with Crippen molar-refractivity contribution in [2.24, 2.45) is 0 Å². The number of rotatable bonds is 6. The highest BCUT2D eigenvalue weighted by atomic mass is 32.2. The van der Waals surface area contributed by atoms with Gasteiger partial charge in [-0.1, -0.05) is 17.8 Å². The molecule has 106 valence electrons. The number of anilines is 1. The molecule has 1 N–H and O–H groups in total. The largest absolute Gasteiger partial charge is 0.440 e. The van der Waals surface area contributed by atoms with E-state index in [-0.39, 0.29) is 10.6 Å². The molecular weight excluding hydrogens is 278 g/mol. The van der Waals surface area contributed by atoms with Crippen LogP contribution in [-0.2, 0) is 5.75 Å². The molecule has 2 aromatic rings. The van der Waals surface area contributed by atoms with E-state index >= 15 is 0 Å². The van der Waals surface area contributed by atoms with Crippen LogP contribution in [-0.4, -0.2) is 16.5 Å². The Bertz CT molecular complexity index is 613. The summed E-state index contributed by atoms with van der Waals surface area (Å²) in [5.74, 6) is 0.649. The molecule has 2 rings (SSSR count). The third-order valence-electron chi connectivity index (χ3n) is 2.59. The molecule has 1 aromatic heterocycles. The van der Waals surface area contributed by atoms with Gasteiger partial charge in [-0.15, -0.1) is 0 Å². The molecule has 6 nitrogen and oxygen atoms in total. The molecule has 7 heteroatoms. The maximum atomic E-state index is 10.9. The van der Waals surface area contributed by atoms with Crippen LogP contribution in [0.3, 0.4) is 0 Å². The summed E-state index contributed by atoms with van der Waals surface area (Å²) in [6, 6.07) is 5.07. The predicted octanol–water partition coefficient (Wildman–Crippen LogP) is 3.62. The molecule has 0 spiro atoms. The lowest BCUT2D eigenvalue weighted by Gasteiger charge is -2.06. The van der Waals surface area contributed by atoms with Crippen LogP contribution in [0.4, 0.5) is 11.4 Å². The minimum absolute atomic E-state index is 0.0903. The van der Waals surface area contributed by atoms with Gasteiger partial charge in [0, 0.05) is 18.4 Å². The van der Waals surface area contributed by atoms with Crippen molar-refractivity contribution >= 4 is 23.1 Å². The molecular formula is C13H15N3O3S. The van der Waals surface area contributed by atoms with E-state index in [9.17, 15) is 10.1 Å². The zero-order chi connectivity index (χ0) is 14.5. The number of aromatic nitrogens is 1. The number of nitro benzene ring substituents is 1. The van der Waals surface area contributed by atoms with Gasteiger partial charge in [0.15, 0.2) is 0 Å². The number of hydrogen-bond acceptors (Lipinski definition) is 6. The van der Waals surface area contributed by atoms with Gasteiger partial charge in [-0.3, -0.25) is 10.1 Å². The van der Waals surface area contributed by atoms with Gasteiger partial charge in [0.2, 0.25) is 0 Å². The Balaban J connectivity index is 2.12. The monoisotopic (exact) mass is 293 g/mol. The number of benzene rings is 1. The summed E-state index contributed by atoms with van der Waals surface area (Å²) < 4.78 is 5.25. The van der Waals surface area contributed by atoms with Gasteiger partial charge in [-0.05, 0) is 25.5 Å². The molecule has 20 heavy (non-hydrogen) atoms. The molecule has 0 aliphatic heterocycles. The Morgan fingerprint density at radius 2 is 2.30 bits per heavy atom. The van der Waals surface area contributed by atoms with E-state index in [2.05, 4.69) is 10.3 Å². The summed E-state index contributed by atoms with van der Waals surface area (Å²) in [5, 5.41) is 14.5. The van der Waals surface area contributed by atoms with Crippen molar-refractivity contribution < 1.29 is 9.34 Å². The van der Waals surface area contributed by atoms with E-state index < -0.39 is 0 Å². The third-order valence-corrected chi connectivity index (χ3v) is 3.50. The van der Waals surface area contributed by atoms with Gasteiger partial charge in [0.1, 0.15) is 12.0 Å². The minimum atomic E-state index is -0.383. The van der Waals surface area contributed by atoms with Gasteiger partial charge in [0.25, 0.3) is 10.9 Å². The third kappa shape index (κ3) is 3.51. The molecule has 0 aliphatic rings. The van der Waals surface area contributed by atoms with Gasteiger partial charge >= 0.3 is 0 Å². The lowest BCUT2D eigenvalue weighted by molar-refractivity contribution is -0.384. The van der Waals surface area contributed by atoms with E-state index in [1.165, 1.54) is 17.8 Å². The maximum Gasteiger partial charge on any atom is 0.292 e. The molecule has 0 saturated heterocycles. The number of hydrogen-bond donors (Lipinski definition) is 1. The highest BCUT2D eigenvalue weighted by molar-refractivity contribution is 7.98. The molecule has 0 fully saturated rings. The SMILES string of the molecule is CCNc1cc(CSc2nc(C)co2)ccc1[N+](=O)[O-]. The van der Waals surface area contributed by atoms with E-state index in [4.69, 9.17) is 4.42 Å². The zero-order valence-corrected chi connectivity index (χ0v) is 12.1. The van der Waals surface area contributed by atoms with Crippen molar-refractivity contribution in [2.75, 3.05) is 11.9 Å². The summed E-state index contributed by atoms with van der Waals surface area (Å²) in [6.45, 7) is 4.40. The summed E-state index contributed by atoms with van der Waals surface area (Å²) >= 11 is 1.46. The quantitative estimate of drug-likeness (QED) is 0.497. The van der Waals surface area contributed by atoms with Crippen LogP contribution >= 0.6 is 11.8 Å². The Hall–Kier alpha value is -2.02. The van der Waals surface area contributed by atoms with Crippen LogP contribution in [0.15, 0.2) is 34.1 Å². The van der Waals surface area contributed by atoms with Crippen molar-refractivity contribution in [1.82, 2.24) is 4.98 Å². The Labute approximate surface area is 120 Å². The number of nitrogens with zero attached hydrogens (tertiary/aromatic N) is 2. The molecule has 0 amide bonds. The van der Waals surface area contributed by atoms with Gasteiger partial charge < -0.3 is 9.73 Å². The normalized spacial score (nSPS) is 10.5. The minimum Gasteiger partial charge on any atom is -0.440 e. The molecule has 1 heterocycles. The zero-order valence-electron chi connectivity index (χ0n) is 11.3. The Kier molecular flexibility index (Phi) is 4.62. The first-order valence-corrected chi connectivity index (χ1v) is 7.15. The average molecular weight is 293 g/mol. The number of thioether (sulfide) groups is 1. The first-order valence-electron chi connectivity index (χ1n) is 6.16. The highest BCUT2D eigenvalue weighted by Crippen LogP contribution is 2.29. The van der Waals surface area contributed by atoms with E-state index in [1.54, 1.807) is 18.4 Å². The van der Waals surface area contributed by atoms with Crippen molar-refractivity contribution in [3.05, 3.63) is 45.8 Å². The second-order valence-corrected chi connectivity index (χ2v) is 5.11. The lowest BCUT2D eigenvalue weighted by atomic mass is 10.2. The van der Waals surface area contributed by atoms with Crippen LogP contribution in [0, 0.1) is 17.0 Å². The fraction of sp³-hybridized carbons (Fsp3) is 0.308. The van der Waals surface area contributed by atoms with Crippen molar-refractivity contribution in [3.63, 3.8) is 0 Å². The van der Waals surface area contributed by atoms with E-state index in [0.29, 0.717) is 23.2 Å². The smallest absolute Gasteiger partial charge is 0.292 e. The molecule has 0 bridgehead atoms. The van der Waals surface area contributed by atoms with Crippen LogP contribution in [0.2, 0.25) is 0 Å². The maximum absolute atomic E-state index is 10.9. The number of aryl methyl sites for hydroxylation is 1. The number of nitro groups is 1. The lowest BCUT2D eigenvalue weighted by Crippen LogP contribution is -2.01. The number of oxazole rings is 1. The first-order chi connectivity index (χ1) is 9.60. The standard InChI is InChI=1S/C13H15N3O3S/c1-3-14-11-6-10(4-5-12(11)16(17)18)8-20-13-15-9(2)7-19-13/h4-7,14H,3,8H2,1-2H3. The second-order valence-electron chi connectivity index (χ2n) is 4.18. The van der Waals surface area contributed by atoms with Crippen LogP contribution in [0.5, 0.6) is 0 Å². The van der Waals surface area contributed by atoms with Crippen LogP contribution in [0.25, 0.3) is 0 Å². The topological polar surface area (TPSA) is 81.2 Å². The molecule has 0 aliphatic carbocycles. The highest BCUT2D eigenvalue weighted by Gasteiger charge is 2.13. The molecule has 0 saturated carbocycles. The fourth-order valence-corrected chi connectivity index (χ4v) is 2.50. The Morgan fingerprint density at radius 1 is 1.50 bits per heavy atom. The summed E-state index contributed by atoms with van der Waals surface area (Å²) in [4.78, 5) is 14.7. The van der Waals surface area contributed by atoms with Gasteiger partial charge in [-0.2, -0.15) is 0 Å². The van der Waals surface area contributed by atoms with E-state index in [1.807, 2.05) is 13.8 Å². The van der Waals surface area contributed by atoms with Crippen molar-refractivity contribution in [2.45, 2.75) is 24.8 Å². The van der Waals surface area contributed by atoms with Crippen LogP contribution in [0.1, 0.15) is 18.2 Å². The summed E-state index contributed by atoms with van der Waals surface area (Å²) in [6.07, 6.45) is 1.60. The predicted molar refractivity (Wildman–Crippen MR) is 78.1 cm³/mol. The van der Waals surface area contributed by atoms with Crippen molar-refractivity contribution in [1.29, 1.82) is 0 Å². The average Bonchev–Trinajstić information content (AvgIpc) is 2.82. The van der Waals surface area contributed by atoms with Gasteiger partial charge in [0.05, 0.1) is 10.6 Å².